The Morgan fingerprint density at radius 3 is 2.89 bits per heavy atom. The average molecular weight is 398 g/mol. The summed E-state index contributed by atoms with van der Waals surface area (Å²) in [5, 5.41) is 4.75. The molecule has 0 aliphatic carbocycles. The van der Waals surface area contributed by atoms with Crippen molar-refractivity contribution in [2.24, 2.45) is 0 Å². The quantitative estimate of drug-likeness (QED) is 0.628. The van der Waals surface area contributed by atoms with E-state index in [1.165, 1.54) is 0 Å². The Morgan fingerprint density at radius 2 is 2.07 bits per heavy atom. The van der Waals surface area contributed by atoms with Gasteiger partial charge in [-0.3, -0.25) is 4.79 Å². The molecule has 1 saturated heterocycles. The third-order valence-electron chi connectivity index (χ3n) is 4.87. The van der Waals surface area contributed by atoms with Crippen LogP contribution in [0.3, 0.4) is 0 Å². The fraction of sp³-hybridized carbons (Fsp3) is 0.286. The van der Waals surface area contributed by atoms with E-state index in [9.17, 15) is 4.79 Å². The molecule has 6 nitrogen and oxygen atoms in total. The number of ether oxygens (including phenoxy) is 1. The summed E-state index contributed by atoms with van der Waals surface area (Å²) >= 11 is 6.21. The molecule has 2 aromatic carbocycles. The molecule has 0 radical (unpaired) electrons. The number of amides is 1. The molecule has 0 saturated carbocycles. The van der Waals surface area contributed by atoms with Crippen LogP contribution in [0.1, 0.15) is 30.7 Å². The van der Waals surface area contributed by atoms with E-state index in [0.717, 1.165) is 16.8 Å². The molecule has 0 N–H and O–H groups in total. The van der Waals surface area contributed by atoms with Crippen LogP contribution in [0.2, 0.25) is 5.02 Å². The van der Waals surface area contributed by atoms with E-state index in [1.54, 1.807) is 4.90 Å². The lowest BCUT2D eigenvalue weighted by Gasteiger charge is -2.19. The average Bonchev–Trinajstić information content (AvgIpc) is 3.32. The molecular weight excluding hydrogens is 378 g/mol. The number of aromatic nitrogens is 2. The fourth-order valence-electron chi connectivity index (χ4n) is 3.44. The molecule has 1 aromatic heterocycles. The van der Waals surface area contributed by atoms with Gasteiger partial charge in [0.15, 0.2) is 0 Å². The van der Waals surface area contributed by atoms with Crippen LogP contribution in [0.5, 0.6) is 5.75 Å². The van der Waals surface area contributed by atoms with Gasteiger partial charge in [0.1, 0.15) is 5.75 Å². The van der Waals surface area contributed by atoms with Crippen LogP contribution in [-0.4, -0.2) is 29.2 Å². The van der Waals surface area contributed by atoms with Gasteiger partial charge in [-0.15, -0.1) is 0 Å². The second kappa shape index (κ2) is 7.64. The summed E-state index contributed by atoms with van der Waals surface area (Å²) < 4.78 is 11.1. The first-order chi connectivity index (χ1) is 13.6. The molecule has 0 bridgehead atoms. The Labute approximate surface area is 168 Å². The van der Waals surface area contributed by atoms with E-state index in [4.69, 9.17) is 20.9 Å². The van der Waals surface area contributed by atoms with Crippen LogP contribution in [-0.2, 0) is 4.79 Å². The molecule has 2 heterocycles. The van der Waals surface area contributed by atoms with Crippen LogP contribution in [0.25, 0.3) is 11.4 Å². The molecule has 4 rings (SSSR count). The first-order valence-corrected chi connectivity index (χ1v) is 9.57. The van der Waals surface area contributed by atoms with Gasteiger partial charge in [-0.25, -0.2) is 0 Å². The standard InChI is InChI=1S/C21H20ClN3O3/c1-3-27-18-10-5-4-7-15(18)20-23-21(28-24-20)14-11-19(26)25(12-14)17-9-6-8-16(22)13(17)2/h4-10,14H,3,11-12H2,1-2H3. The molecule has 1 atom stereocenters. The summed E-state index contributed by atoms with van der Waals surface area (Å²) in [4.78, 5) is 18.9. The second-order valence-electron chi connectivity index (χ2n) is 6.67. The minimum Gasteiger partial charge on any atom is -0.493 e. The topological polar surface area (TPSA) is 68.5 Å². The summed E-state index contributed by atoms with van der Waals surface area (Å²) in [6.45, 7) is 4.87. The zero-order valence-electron chi connectivity index (χ0n) is 15.7. The van der Waals surface area contributed by atoms with Gasteiger partial charge >= 0.3 is 0 Å². The second-order valence-corrected chi connectivity index (χ2v) is 7.08. The number of carbonyl (C=O) groups excluding carboxylic acids is 1. The van der Waals surface area contributed by atoms with Crippen molar-refractivity contribution >= 4 is 23.2 Å². The van der Waals surface area contributed by atoms with Gasteiger partial charge < -0.3 is 14.2 Å². The van der Waals surface area contributed by atoms with Crippen LogP contribution in [0, 0.1) is 6.92 Å². The van der Waals surface area contributed by atoms with E-state index in [0.29, 0.717) is 42.1 Å². The van der Waals surface area contributed by atoms with Crippen molar-refractivity contribution in [2.45, 2.75) is 26.2 Å². The van der Waals surface area contributed by atoms with Crippen molar-refractivity contribution in [3.8, 4) is 17.1 Å². The molecule has 1 unspecified atom stereocenters. The highest BCUT2D eigenvalue weighted by Crippen LogP contribution is 2.36. The molecule has 1 fully saturated rings. The smallest absolute Gasteiger partial charge is 0.232 e. The number of benzene rings is 2. The SMILES string of the molecule is CCOc1ccccc1-c1noc(C2CC(=O)N(c3cccc(Cl)c3C)C2)n1. The first kappa shape index (κ1) is 18.5. The lowest BCUT2D eigenvalue weighted by Crippen LogP contribution is -2.25. The van der Waals surface area contributed by atoms with E-state index < -0.39 is 0 Å². The Morgan fingerprint density at radius 1 is 1.25 bits per heavy atom. The highest BCUT2D eigenvalue weighted by Gasteiger charge is 2.36. The highest BCUT2D eigenvalue weighted by molar-refractivity contribution is 6.31. The monoisotopic (exact) mass is 397 g/mol. The molecule has 3 aromatic rings. The van der Waals surface area contributed by atoms with Gasteiger partial charge in [-0.2, -0.15) is 4.98 Å². The molecule has 1 amide bonds. The number of anilines is 1. The molecule has 1 aliphatic heterocycles. The first-order valence-electron chi connectivity index (χ1n) is 9.19. The van der Waals surface area contributed by atoms with E-state index in [1.807, 2.05) is 56.3 Å². The van der Waals surface area contributed by atoms with Crippen LogP contribution in [0.15, 0.2) is 47.0 Å². The maximum atomic E-state index is 12.6. The van der Waals surface area contributed by atoms with E-state index in [-0.39, 0.29) is 11.8 Å². The lowest BCUT2D eigenvalue weighted by molar-refractivity contribution is -0.117. The normalized spacial score (nSPS) is 16.6. The van der Waals surface area contributed by atoms with Crippen molar-refractivity contribution in [1.29, 1.82) is 0 Å². The van der Waals surface area contributed by atoms with Gasteiger partial charge in [-0.05, 0) is 43.7 Å². The third kappa shape index (κ3) is 3.36. The zero-order chi connectivity index (χ0) is 19.7. The number of hydrogen-bond donors (Lipinski definition) is 0. The van der Waals surface area contributed by atoms with Crippen molar-refractivity contribution in [3.63, 3.8) is 0 Å². The molecule has 1 aliphatic rings. The fourth-order valence-corrected chi connectivity index (χ4v) is 3.61. The molecule has 144 valence electrons. The predicted octanol–water partition coefficient (Wildman–Crippen LogP) is 4.62. The lowest BCUT2D eigenvalue weighted by atomic mass is 10.1. The number of halogens is 1. The van der Waals surface area contributed by atoms with Gasteiger partial charge in [0, 0.05) is 23.7 Å². The number of hydrogen-bond acceptors (Lipinski definition) is 5. The van der Waals surface area contributed by atoms with Crippen molar-refractivity contribution in [3.05, 3.63) is 58.9 Å². The Kier molecular flexibility index (Phi) is 5.05. The maximum absolute atomic E-state index is 12.6. The maximum Gasteiger partial charge on any atom is 0.232 e. The Bertz CT molecular complexity index is 1020. The van der Waals surface area contributed by atoms with Crippen LogP contribution >= 0.6 is 11.6 Å². The van der Waals surface area contributed by atoms with Crippen molar-refractivity contribution in [2.75, 3.05) is 18.1 Å². The van der Waals surface area contributed by atoms with Crippen LogP contribution < -0.4 is 9.64 Å². The molecule has 28 heavy (non-hydrogen) atoms. The number of para-hydroxylation sites is 1. The summed E-state index contributed by atoms with van der Waals surface area (Å²) in [6, 6.07) is 13.1. The summed E-state index contributed by atoms with van der Waals surface area (Å²) in [5.41, 5.74) is 2.47. The number of carbonyl (C=O) groups is 1. The van der Waals surface area contributed by atoms with Crippen molar-refractivity contribution < 1.29 is 14.1 Å². The zero-order valence-corrected chi connectivity index (χ0v) is 16.4. The number of nitrogens with zero attached hydrogens (tertiary/aromatic N) is 3. The predicted molar refractivity (Wildman–Crippen MR) is 107 cm³/mol. The minimum atomic E-state index is -0.161. The van der Waals surface area contributed by atoms with Crippen molar-refractivity contribution in [1.82, 2.24) is 10.1 Å². The molecular formula is C21H20ClN3O3. The van der Waals surface area contributed by atoms with E-state index >= 15 is 0 Å². The van der Waals surface area contributed by atoms with Gasteiger partial charge in [-0.1, -0.05) is 35.0 Å². The summed E-state index contributed by atoms with van der Waals surface area (Å²) in [5.74, 6) is 1.48. The Balaban J connectivity index is 1.59. The molecule has 0 spiro atoms. The summed E-state index contributed by atoms with van der Waals surface area (Å²) in [6.07, 6.45) is 0.320. The van der Waals surface area contributed by atoms with E-state index in [2.05, 4.69) is 10.1 Å². The van der Waals surface area contributed by atoms with Crippen LogP contribution in [0.4, 0.5) is 5.69 Å². The molecule has 7 heteroatoms. The highest BCUT2D eigenvalue weighted by atomic mass is 35.5. The summed E-state index contributed by atoms with van der Waals surface area (Å²) in [7, 11) is 0. The Hall–Kier alpha value is -2.86. The van der Waals surface area contributed by atoms with Gasteiger partial charge in [0.25, 0.3) is 0 Å². The van der Waals surface area contributed by atoms with Gasteiger partial charge in [0.2, 0.25) is 17.6 Å². The minimum absolute atomic E-state index is 0.0184. The third-order valence-corrected chi connectivity index (χ3v) is 5.28. The van der Waals surface area contributed by atoms with Gasteiger partial charge in [0.05, 0.1) is 18.1 Å². The largest absolute Gasteiger partial charge is 0.493 e. The number of rotatable bonds is 5.